The third-order valence-electron chi connectivity index (χ3n) is 4.59. The summed E-state index contributed by atoms with van der Waals surface area (Å²) < 4.78 is 0. The zero-order valence-electron chi connectivity index (χ0n) is 14.5. The number of anilines is 2. The van der Waals surface area contributed by atoms with Gasteiger partial charge in [-0.1, -0.05) is 24.3 Å². The Bertz CT molecular complexity index is 700. The molecular formula is C19H24N4O2. The van der Waals surface area contributed by atoms with Crippen molar-refractivity contribution >= 4 is 17.5 Å². The van der Waals surface area contributed by atoms with Gasteiger partial charge in [0, 0.05) is 52.0 Å². The molecule has 1 fully saturated rings. The van der Waals surface area contributed by atoms with E-state index < -0.39 is 5.97 Å². The van der Waals surface area contributed by atoms with Gasteiger partial charge in [0.15, 0.2) is 5.69 Å². The fraction of sp³-hybridized carbons (Fsp3) is 0.368. The Morgan fingerprint density at radius 2 is 1.80 bits per heavy atom. The molecule has 0 radical (unpaired) electrons. The van der Waals surface area contributed by atoms with Gasteiger partial charge in [-0.2, -0.15) is 0 Å². The molecule has 0 atom stereocenters. The second kappa shape index (κ2) is 7.98. The summed E-state index contributed by atoms with van der Waals surface area (Å²) in [6, 6.07) is 15.6. The minimum Gasteiger partial charge on any atom is -0.477 e. The molecule has 0 amide bonds. The van der Waals surface area contributed by atoms with E-state index in [1.54, 1.807) is 6.07 Å². The summed E-state index contributed by atoms with van der Waals surface area (Å²) in [5, 5.41) is 9.05. The fourth-order valence-corrected chi connectivity index (χ4v) is 3.03. The Kier molecular flexibility index (Phi) is 5.50. The third-order valence-corrected chi connectivity index (χ3v) is 4.59. The lowest BCUT2D eigenvalue weighted by Crippen LogP contribution is -2.48. The van der Waals surface area contributed by atoms with E-state index in [1.807, 2.05) is 24.1 Å². The van der Waals surface area contributed by atoms with E-state index in [2.05, 4.69) is 39.0 Å². The summed E-state index contributed by atoms with van der Waals surface area (Å²) in [6.07, 6.45) is 0. The molecule has 2 aromatic rings. The molecule has 25 heavy (non-hydrogen) atoms. The van der Waals surface area contributed by atoms with Crippen molar-refractivity contribution in [1.82, 2.24) is 9.88 Å². The number of aromatic nitrogens is 1. The zero-order chi connectivity index (χ0) is 17.6. The van der Waals surface area contributed by atoms with Gasteiger partial charge in [0.25, 0.3) is 0 Å². The van der Waals surface area contributed by atoms with Crippen LogP contribution in [0.4, 0.5) is 11.5 Å². The summed E-state index contributed by atoms with van der Waals surface area (Å²) in [6.45, 7) is 5.89. The van der Waals surface area contributed by atoms with Gasteiger partial charge >= 0.3 is 5.97 Å². The molecule has 0 spiro atoms. The van der Waals surface area contributed by atoms with Crippen LogP contribution < -0.4 is 9.80 Å². The Hall–Kier alpha value is -2.60. The molecule has 0 unspecified atom stereocenters. The first-order chi connectivity index (χ1) is 12.1. The molecule has 132 valence electrons. The molecule has 1 aliphatic rings. The maximum atomic E-state index is 11.0. The predicted molar refractivity (Wildman–Crippen MR) is 99.6 cm³/mol. The average Bonchev–Trinajstić information content (AvgIpc) is 2.67. The van der Waals surface area contributed by atoms with E-state index in [1.165, 1.54) is 11.8 Å². The van der Waals surface area contributed by atoms with Crippen molar-refractivity contribution in [1.29, 1.82) is 0 Å². The van der Waals surface area contributed by atoms with Crippen molar-refractivity contribution in [2.75, 3.05) is 56.1 Å². The number of benzene rings is 1. The SMILES string of the molecule is CN(CCN1CCN(c2ccccc2)CC1)c1cccc(C(=O)O)n1. The summed E-state index contributed by atoms with van der Waals surface area (Å²) in [4.78, 5) is 22.1. The lowest BCUT2D eigenvalue weighted by molar-refractivity contribution is 0.0690. The van der Waals surface area contributed by atoms with E-state index in [9.17, 15) is 4.79 Å². The van der Waals surface area contributed by atoms with Crippen molar-refractivity contribution in [3.63, 3.8) is 0 Å². The van der Waals surface area contributed by atoms with Gasteiger partial charge in [-0.25, -0.2) is 9.78 Å². The van der Waals surface area contributed by atoms with Crippen LogP contribution in [0.5, 0.6) is 0 Å². The fourth-order valence-electron chi connectivity index (χ4n) is 3.03. The standard InChI is InChI=1S/C19H24N4O2/c1-21(18-9-5-8-17(20-18)19(24)25)10-11-22-12-14-23(15-13-22)16-6-3-2-4-7-16/h2-9H,10-15H2,1H3,(H,24,25). The van der Waals surface area contributed by atoms with Crippen LogP contribution in [0.2, 0.25) is 0 Å². The van der Waals surface area contributed by atoms with Crippen molar-refractivity contribution in [2.24, 2.45) is 0 Å². The van der Waals surface area contributed by atoms with Gasteiger partial charge in [-0.3, -0.25) is 4.90 Å². The number of para-hydroxylation sites is 1. The summed E-state index contributed by atoms with van der Waals surface area (Å²) >= 11 is 0. The molecule has 1 aromatic carbocycles. The molecule has 0 saturated carbocycles. The summed E-state index contributed by atoms with van der Waals surface area (Å²) in [7, 11) is 1.95. The molecule has 6 heteroatoms. The van der Waals surface area contributed by atoms with Gasteiger partial charge in [-0.15, -0.1) is 0 Å². The molecular weight excluding hydrogens is 316 g/mol. The van der Waals surface area contributed by atoms with Gasteiger partial charge in [0.05, 0.1) is 0 Å². The highest BCUT2D eigenvalue weighted by molar-refractivity contribution is 5.85. The predicted octanol–water partition coefficient (Wildman–Crippen LogP) is 2.04. The van der Waals surface area contributed by atoms with E-state index in [4.69, 9.17) is 5.11 Å². The Balaban J connectivity index is 1.48. The highest BCUT2D eigenvalue weighted by atomic mass is 16.4. The van der Waals surface area contributed by atoms with Gasteiger partial charge in [0.2, 0.25) is 0 Å². The second-order valence-electron chi connectivity index (χ2n) is 6.27. The number of aromatic carboxylic acids is 1. The number of nitrogens with zero attached hydrogens (tertiary/aromatic N) is 4. The molecule has 1 N–H and O–H groups in total. The molecule has 1 aliphatic heterocycles. The largest absolute Gasteiger partial charge is 0.477 e. The Morgan fingerprint density at radius 3 is 2.48 bits per heavy atom. The minimum absolute atomic E-state index is 0.0841. The minimum atomic E-state index is -0.993. The Morgan fingerprint density at radius 1 is 1.08 bits per heavy atom. The first kappa shape index (κ1) is 17.2. The zero-order valence-corrected chi connectivity index (χ0v) is 14.5. The number of hydrogen-bond donors (Lipinski definition) is 1. The highest BCUT2D eigenvalue weighted by Gasteiger charge is 2.17. The van der Waals surface area contributed by atoms with Gasteiger partial charge < -0.3 is 14.9 Å². The monoisotopic (exact) mass is 340 g/mol. The van der Waals surface area contributed by atoms with Crippen LogP contribution in [0.25, 0.3) is 0 Å². The highest BCUT2D eigenvalue weighted by Crippen LogP contribution is 2.16. The number of carbonyl (C=O) groups is 1. The number of piperazine rings is 1. The van der Waals surface area contributed by atoms with Crippen LogP contribution in [0, 0.1) is 0 Å². The topological polar surface area (TPSA) is 59.9 Å². The molecule has 0 bridgehead atoms. The number of carboxylic acid groups (broad SMARTS) is 1. The van der Waals surface area contributed by atoms with E-state index in [0.717, 1.165) is 39.3 Å². The summed E-state index contributed by atoms with van der Waals surface area (Å²) in [5.41, 5.74) is 1.37. The van der Waals surface area contributed by atoms with Gasteiger partial charge in [0.1, 0.15) is 5.82 Å². The van der Waals surface area contributed by atoms with Crippen molar-refractivity contribution in [3.8, 4) is 0 Å². The van der Waals surface area contributed by atoms with Gasteiger partial charge in [-0.05, 0) is 24.3 Å². The number of carboxylic acids is 1. The molecule has 0 aliphatic carbocycles. The molecule has 1 saturated heterocycles. The first-order valence-electron chi connectivity index (χ1n) is 8.57. The molecule has 6 nitrogen and oxygen atoms in total. The lowest BCUT2D eigenvalue weighted by atomic mass is 10.2. The first-order valence-corrected chi connectivity index (χ1v) is 8.57. The second-order valence-corrected chi connectivity index (χ2v) is 6.27. The maximum Gasteiger partial charge on any atom is 0.354 e. The molecule has 2 heterocycles. The van der Waals surface area contributed by atoms with Crippen molar-refractivity contribution in [2.45, 2.75) is 0 Å². The number of hydrogen-bond acceptors (Lipinski definition) is 5. The van der Waals surface area contributed by atoms with Crippen LogP contribution in [0.1, 0.15) is 10.5 Å². The summed E-state index contributed by atoms with van der Waals surface area (Å²) in [5.74, 6) is -0.296. The van der Waals surface area contributed by atoms with E-state index >= 15 is 0 Å². The van der Waals surface area contributed by atoms with Crippen LogP contribution in [0.3, 0.4) is 0 Å². The van der Waals surface area contributed by atoms with E-state index in [0.29, 0.717) is 5.82 Å². The number of pyridine rings is 1. The number of likely N-dealkylation sites (N-methyl/N-ethyl adjacent to an activating group) is 1. The van der Waals surface area contributed by atoms with Crippen LogP contribution in [0.15, 0.2) is 48.5 Å². The van der Waals surface area contributed by atoms with Crippen LogP contribution >= 0.6 is 0 Å². The smallest absolute Gasteiger partial charge is 0.354 e. The molecule has 3 rings (SSSR count). The van der Waals surface area contributed by atoms with Crippen molar-refractivity contribution < 1.29 is 9.90 Å². The van der Waals surface area contributed by atoms with E-state index in [-0.39, 0.29) is 5.69 Å². The lowest BCUT2D eigenvalue weighted by Gasteiger charge is -2.36. The van der Waals surface area contributed by atoms with Crippen molar-refractivity contribution in [3.05, 3.63) is 54.2 Å². The molecule has 1 aromatic heterocycles. The number of rotatable bonds is 6. The Labute approximate surface area is 148 Å². The normalized spacial score (nSPS) is 15.2. The average molecular weight is 340 g/mol. The third kappa shape index (κ3) is 4.48. The quantitative estimate of drug-likeness (QED) is 0.868. The van der Waals surface area contributed by atoms with Crippen LogP contribution in [-0.4, -0.2) is 67.3 Å². The van der Waals surface area contributed by atoms with Crippen LogP contribution in [-0.2, 0) is 0 Å². The maximum absolute atomic E-state index is 11.0.